The molecule has 0 saturated carbocycles. The third-order valence-electron chi connectivity index (χ3n) is 3.29. The van der Waals surface area contributed by atoms with Crippen LogP contribution in [0, 0.1) is 11.3 Å². The molecule has 96 valence electrons. The lowest BCUT2D eigenvalue weighted by Gasteiger charge is -2.27. The van der Waals surface area contributed by atoms with Crippen molar-refractivity contribution in [1.29, 1.82) is 0 Å². The van der Waals surface area contributed by atoms with E-state index in [0.717, 1.165) is 12.8 Å². The molecule has 2 nitrogen and oxygen atoms in total. The summed E-state index contributed by atoms with van der Waals surface area (Å²) in [5, 5.41) is 3.05. The molecule has 0 spiro atoms. The van der Waals surface area contributed by atoms with Crippen LogP contribution < -0.4 is 5.32 Å². The van der Waals surface area contributed by atoms with Gasteiger partial charge >= 0.3 is 0 Å². The smallest absolute Gasteiger partial charge is 0.220 e. The normalized spacial score (nSPS) is 15.6. The van der Waals surface area contributed by atoms with Crippen molar-refractivity contribution in [2.24, 2.45) is 11.3 Å². The van der Waals surface area contributed by atoms with Crippen LogP contribution in [-0.2, 0) is 4.79 Å². The Labute approximate surface area is 105 Å². The zero-order chi connectivity index (χ0) is 12.8. The number of halogens is 1. The number of nitrogens with one attached hydrogen (secondary N) is 1. The first kappa shape index (κ1) is 15.8. The maximum Gasteiger partial charge on any atom is 0.220 e. The first-order valence-electron chi connectivity index (χ1n) is 6.16. The predicted molar refractivity (Wildman–Crippen MR) is 70.8 cm³/mol. The van der Waals surface area contributed by atoms with Gasteiger partial charge in [-0.15, -0.1) is 11.6 Å². The van der Waals surface area contributed by atoms with Crippen molar-refractivity contribution >= 4 is 17.5 Å². The first-order chi connectivity index (χ1) is 7.31. The van der Waals surface area contributed by atoms with Crippen LogP contribution in [0.5, 0.6) is 0 Å². The number of alkyl halides is 1. The van der Waals surface area contributed by atoms with Gasteiger partial charge in [0, 0.05) is 18.3 Å². The predicted octanol–water partition coefficient (Wildman–Crippen LogP) is 3.58. The van der Waals surface area contributed by atoms with Crippen LogP contribution >= 0.6 is 11.6 Å². The van der Waals surface area contributed by atoms with Crippen LogP contribution in [0.4, 0.5) is 0 Å². The quantitative estimate of drug-likeness (QED) is 0.715. The second kappa shape index (κ2) is 7.16. The summed E-state index contributed by atoms with van der Waals surface area (Å²) >= 11 is 5.69. The minimum atomic E-state index is 0.152. The van der Waals surface area contributed by atoms with Crippen LogP contribution in [0.25, 0.3) is 0 Å². The molecule has 0 aliphatic carbocycles. The van der Waals surface area contributed by atoms with E-state index in [1.807, 2.05) is 0 Å². The maximum atomic E-state index is 11.8. The summed E-state index contributed by atoms with van der Waals surface area (Å²) in [6.07, 6.45) is 2.40. The third-order valence-corrected chi connectivity index (χ3v) is 3.50. The van der Waals surface area contributed by atoms with E-state index in [9.17, 15) is 4.79 Å². The fourth-order valence-electron chi connectivity index (χ4n) is 1.38. The summed E-state index contributed by atoms with van der Waals surface area (Å²) in [5.74, 6) is 1.15. The number of carbonyl (C=O) groups excluding carboxylic acids is 1. The van der Waals surface area contributed by atoms with Gasteiger partial charge in [0.1, 0.15) is 0 Å². The van der Waals surface area contributed by atoms with Gasteiger partial charge in [-0.3, -0.25) is 4.79 Å². The molecule has 1 amide bonds. The van der Waals surface area contributed by atoms with Gasteiger partial charge in [-0.2, -0.15) is 0 Å². The van der Waals surface area contributed by atoms with Crippen LogP contribution in [-0.4, -0.2) is 17.8 Å². The molecule has 0 aliphatic rings. The summed E-state index contributed by atoms with van der Waals surface area (Å²) in [5.41, 5.74) is 0.186. The molecule has 0 saturated heterocycles. The van der Waals surface area contributed by atoms with Gasteiger partial charge in [0.25, 0.3) is 0 Å². The molecular formula is C13H26ClNO. The van der Waals surface area contributed by atoms with Gasteiger partial charge in [-0.05, 0) is 24.2 Å². The molecule has 0 aromatic rings. The number of carbonyl (C=O) groups is 1. The first-order valence-corrected chi connectivity index (χ1v) is 6.70. The highest BCUT2D eigenvalue weighted by Gasteiger charge is 2.23. The van der Waals surface area contributed by atoms with E-state index in [-0.39, 0.29) is 17.4 Å². The summed E-state index contributed by atoms with van der Waals surface area (Å²) in [7, 11) is 0. The molecule has 0 radical (unpaired) electrons. The Balaban J connectivity index is 4.07. The average molecular weight is 248 g/mol. The largest absolute Gasteiger partial charge is 0.353 e. The molecular weight excluding hydrogens is 222 g/mol. The number of hydrogen-bond donors (Lipinski definition) is 1. The monoisotopic (exact) mass is 247 g/mol. The molecule has 0 bridgehead atoms. The molecule has 3 heteroatoms. The van der Waals surface area contributed by atoms with Crippen molar-refractivity contribution in [3.8, 4) is 0 Å². The van der Waals surface area contributed by atoms with E-state index in [0.29, 0.717) is 18.2 Å². The highest BCUT2D eigenvalue weighted by Crippen LogP contribution is 2.27. The van der Waals surface area contributed by atoms with Crippen molar-refractivity contribution in [3.63, 3.8) is 0 Å². The van der Waals surface area contributed by atoms with Gasteiger partial charge in [-0.1, -0.05) is 34.6 Å². The Bertz CT molecular complexity index is 210. The van der Waals surface area contributed by atoms with Crippen LogP contribution in [0.2, 0.25) is 0 Å². The maximum absolute atomic E-state index is 11.8. The second-order valence-electron chi connectivity index (χ2n) is 5.62. The summed E-state index contributed by atoms with van der Waals surface area (Å²) in [4.78, 5) is 11.8. The summed E-state index contributed by atoms with van der Waals surface area (Å²) in [6, 6.07) is 0.233. The minimum Gasteiger partial charge on any atom is -0.353 e. The van der Waals surface area contributed by atoms with E-state index < -0.39 is 0 Å². The molecule has 1 N–H and O–H groups in total. The van der Waals surface area contributed by atoms with E-state index in [1.54, 1.807) is 0 Å². The molecule has 0 fully saturated rings. The van der Waals surface area contributed by atoms with Gasteiger partial charge in [0.2, 0.25) is 5.91 Å². The molecule has 0 rings (SSSR count). The van der Waals surface area contributed by atoms with Gasteiger partial charge < -0.3 is 5.32 Å². The zero-order valence-corrected chi connectivity index (χ0v) is 12.0. The minimum absolute atomic E-state index is 0.152. The molecule has 0 aromatic carbocycles. The standard InChI is InChI=1S/C13H26ClNO/c1-6-11(7-8-14)15-12(16)9-10(2)13(3,4)5/h10-11H,6-9H2,1-5H3,(H,15,16). The van der Waals surface area contributed by atoms with Crippen LogP contribution in [0.1, 0.15) is 53.9 Å². The molecule has 0 aromatic heterocycles. The van der Waals surface area contributed by atoms with Crippen molar-refractivity contribution in [1.82, 2.24) is 5.32 Å². The lowest BCUT2D eigenvalue weighted by Crippen LogP contribution is -2.36. The van der Waals surface area contributed by atoms with Crippen molar-refractivity contribution in [2.45, 2.75) is 59.9 Å². The number of rotatable bonds is 6. The number of amides is 1. The van der Waals surface area contributed by atoms with E-state index >= 15 is 0 Å². The van der Waals surface area contributed by atoms with Gasteiger partial charge in [-0.25, -0.2) is 0 Å². The molecule has 0 heterocycles. The molecule has 2 unspecified atom stereocenters. The van der Waals surface area contributed by atoms with Gasteiger partial charge in [0.05, 0.1) is 0 Å². The fraction of sp³-hybridized carbons (Fsp3) is 0.923. The molecule has 2 atom stereocenters. The topological polar surface area (TPSA) is 29.1 Å². The SMILES string of the molecule is CCC(CCCl)NC(=O)CC(C)C(C)(C)C. The highest BCUT2D eigenvalue weighted by molar-refractivity contribution is 6.17. The zero-order valence-electron chi connectivity index (χ0n) is 11.3. The highest BCUT2D eigenvalue weighted by atomic mass is 35.5. The summed E-state index contributed by atoms with van der Waals surface area (Å²) in [6.45, 7) is 10.7. The van der Waals surface area contributed by atoms with Crippen molar-refractivity contribution < 1.29 is 4.79 Å². The van der Waals surface area contributed by atoms with Crippen LogP contribution in [0.3, 0.4) is 0 Å². The van der Waals surface area contributed by atoms with Crippen LogP contribution in [0.15, 0.2) is 0 Å². The Morgan fingerprint density at radius 3 is 2.31 bits per heavy atom. The van der Waals surface area contributed by atoms with E-state index in [1.165, 1.54) is 0 Å². The Morgan fingerprint density at radius 2 is 1.94 bits per heavy atom. The van der Waals surface area contributed by atoms with Gasteiger partial charge in [0.15, 0.2) is 0 Å². The number of hydrogen-bond acceptors (Lipinski definition) is 1. The third kappa shape index (κ3) is 6.37. The Morgan fingerprint density at radius 1 is 1.38 bits per heavy atom. The lowest BCUT2D eigenvalue weighted by atomic mass is 9.80. The van der Waals surface area contributed by atoms with E-state index in [4.69, 9.17) is 11.6 Å². The molecule has 16 heavy (non-hydrogen) atoms. The van der Waals surface area contributed by atoms with Crippen molar-refractivity contribution in [3.05, 3.63) is 0 Å². The summed E-state index contributed by atoms with van der Waals surface area (Å²) < 4.78 is 0. The lowest BCUT2D eigenvalue weighted by molar-refractivity contribution is -0.123. The fourth-order valence-corrected chi connectivity index (χ4v) is 1.64. The van der Waals surface area contributed by atoms with Crippen molar-refractivity contribution in [2.75, 3.05) is 5.88 Å². The molecule has 0 aliphatic heterocycles. The Kier molecular flexibility index (Phi) is 7.05. The van der Waals surface area contributed by atoms with E-state index in [2.05, 4.69) is 39.9 Å². The average Bonchev–Trinajstić information content (AvgIpc) is 2.15. The Hall–Kier alpha value is -0.240. The second-order valence-corrected chi connectivity index (χ2v) is 6.00.